The molecule has 4 rings (SSSR count). The molecule has 4 amide bonds. The first-order chi connectivity index (χ1) is 21.0. The number of rotatable bonds is 13. The highest BCUT2D eigenvalue weighted by Crippen LogP contribution is 2.39. The molecule has 44 heavy (non-hydrogen) atoms. The summed E-state index contributed by atoms with van der Waals surface area (Å²) < 4.78 is 11.5. The number of piperidine rings is 1. The molecule has 1 aliphatic heterocycles. The molecular formula is C31H43N4O7PS. The fourth-order valence-corrected chi connectivity index (χ4v) is 7.97. The Morgan fingerprint density at radius 1 is 0.932 bits per heavy atom. The van der Waals surface area contributed by atoms with E-state index in [-0.39, 0.29) is 37.0 Å². The van der Waals surface area contributed by atoms with Gasteiger partial charge in [-0.3, -0.25) is 23.7 Å². The highest BCUT2D eigenvalue weighted by atomic mass is 32.2. The van der Waals surface area contributed by atoms with Gasteiger partial charge in [0.25, 0.3) is 0 Å². The lowest BCUT2D eigenvalue weighted by atomic mass is 9.87. The molecule has 0 spiro atoms. The molecule has 1 saturated heterocycles. The minimum Gasteiger partial charge on any atom is -0.368 e. The first-order valence-corrected chi connectivity index (χ1v) is 18.2. The van der Waals surface area contributed by atoms with Gasteiger partial charge in [0.2, 0.25) is 23.6 Å². The van der Waals surface area contributed by atoms with Gasteiger partial charge in [-0.2, -0.15) is 0 Å². The summed E-state index contributed by atoms with van der Waals surface area (Å²) in [5.74, 6) is -1.76. The molecule has 0 radical (unpaired) electrons. The predicted molar refractivity (Wildman–Crippen MR) is 171 cm³/mol. The summed E-state index contributed by atoms with van der Waals surface area (Å²) in [5.41, 5.74) is 6.03. The molecule has 11 nitrogen and oxygen atoms in total. The number of nitrogens with one attached hydrogen (secondary N) is 2. The number of amides is 4. The van der Waals surface area contributed by atoms with E-state index < -0.39 is 48.9 Å². The third kappa shape index (κ3) is 10.1. The first kappa shape index (κ1) is 34.0. The largest absolute Gasteiger partial charge is 0.368 e. The van der Waals surface area contributed by atoms with Crippen LogP contribution in [0.2, 0.25) is 0 Å². The van der Waals surface area contributed by atoms with Gasteiger partial charge in [0, 0.05) is 25.1 Å². The summed E-state index contributed by atoms with van der Waals surface area (Å²) in [6, 6.07) is 10.7. The number of hydrogen-bond donors (Lipinski definition) is 5. The Hall–Kier alpha value is -2.92. The van der Waals surface area contributed by atoms with Crippen molar-refractivity contribution in [2.45, 2.75) is 82.3 Å². The SMILES string of the molecule is NC(=O)C(Cc1ccc2ccccc2c1)NC(=O)C1CCCCN1C(=O)C(CSCP(=O)(O)O)NC(=O)CC1CCCCC1. The molecule has 2 fully saturated rings. The van der Waals surface area contributed by atoms with E-state index in [9.17, 15) is 33.5 Å². The van der Waals surface area contributed by atoms with Gasteiger partial charge in [0.15, 0.2) is 0 Å². The molecule has 13 heteroatoms. The maximum atomic E-state index is 13.9. The normalized spacial score (nSPS) is 19.2. The van der Waals surface area contributed by atoms with E-state index in [4.69, 9.17) is 5.73 Å². The van der Waals surface area contributed by atoms with Crippen LogP contribution < -0.4 is 16.4 Å². The van der Waals surface area contributed by atoms with Gasteiger partial charge in [-0.15, -0.1) is 11.8 Å². The van der Waals surface area contributed by atoms with E-state index >= 15 is 0 Å². The van der Waals surface area contributed by atoms with Crippen LogP contribution in [-0.4, -0.2) is 74.2 Å². The van der Waals surface area contributed by atoms with Crippen molar-refractivity contribution in [2.75, 3.05) is 17.8 Å². The number of likely N-dealkylation sites (tertiary alicyclic amines) is 1. The Kier molecular flexibility index (Phi) is 12.3. The molecule has 2 aromatic carbocycles. The van der Waals surface area contributed by atoms with Crippen LogP contribution in [0.15, 0.2) is 42.5 Å². The van der Waals surface area contributed by atoms with E-state index in [2.05, 4.69) is 10.6 Å². The second kappa shape index (κ2) is 15.9. The van der Waals surface area contributed by atoms with Gasteiger partial charge >= 0.3 is 7.60 Å². The Bertz CT molecular complexity index is 1380. The molecule has 0 aromatic heterocycles. The number of carbonyl (C=O) groups is 4. The third-order valence-corrected chi connectivity index (χ3v) is 11.0. The van der Waals surface area contributed by atoms with Crippen molar-refractivity contribution >= 4 is 53.8 Å². The van der Waals surface area contributed by atoms with Crippen LogP contribution in [0.1, 0.15) is 63.4 Å². The lowest BCUT2D eigenvalue weighted by Gasteiger charge is -2.37. The molecule has 1 heterocycles. The maximum absolute atomic E-state index is 13.9. The van der Waals surface area contributed by atoms with Crippen LogP contribution >= 0.6 is 19.4 Å². The van der Waals surface area contributed by atoms with Crippen molar-refractivity contribution in [1.29, 1.82) is 0 Å². The summed E-state index contributed by atoms with van der Waals surface area (Å²) in [6.07, 6.45) is 7.38. The second-order valence-electron chi connectivity index (χ2n) is 11.9. The Morgan fingerprint density at radius 2 is 1.64 bits per heavy atom. The zero-order valence-electron chi connectivity index (χ0n) is 24.9. The quantitative estimate of drug-likeness (QED) is 0.206. The van der Waals surface area contributed by atoms with Crippen molar-refractivity contribution in [3.8, 4) is 0 Å². The Labute approximate surface area is 262 Å². The zero-order valence-corrected chi connectivity index (χ0v) is 26.6. The smallest absolute Gasteiger partial charge is 0.335 e. The van der Waals surface area contributed by atoms with E-state index in [1.165, 1.54) is 4.90 Å². The lowest BCUT2D eigenvalue weighted by Crippen LogP contribution is -2.60. The molecule has 2 aliphatic rings. The van der Waals surface area contributed by atoms with Crippen LogP contribution in [0.3, 0.4) is 0 Å². The number of fused-ring (bicyclic) bond motifs is 1. The van der Waals surface area contributed by atoms with Gasteiger partial charge in [0.05, 0.1) is 5.49 Å². The zero-order chi connectivity index (χ0) is 31.7. The number of thioether (sulfide) groups is 1. The summed E-state index contributed by atoms with van der Waals surface area (Å²) in [5, 5.41) is 7.61. The summed E-state index contributed by atoms with van der Waals surface area (Å²) in [7, 11) is -4.33. The number of primary amides is 1. The molecule has 240 valence electrons. The molecular weight excluding hydrogens is 603 g/mol. The fourth-order valence-electron chi connectivity index (χ4n) is 6.13. The third-order valence-electron chi connectivity index (χ3n) is 8.38. The van der Waals surface area contributed by atoms with Crippen molar-refractivity contribution in [3.05, 3.63) is 48.0 Å². The number of nitrogens with zero attached hydrogens (tertiary/aromatic N) is 1. The Balaban J connectivity index is 1.45. The molecule has 1 aliphatic carbocycles. The standard InChI is InChI=1S/C31H43N4O7PS/c32-29(37)25(17-22-13-14-23-10-4-5-11-24(23)16-22)34-30(38)27-12-6-7-15-35(27)31(39)26(19-44-20-43(40,41)42)33-28(36)18-21-8-2-1-3-9-21/h4-5,10-11,13-14,16,21,25-27H,1-3,6-9,12,15,17-20H2,(H2,32,37)(H,33,36)(H,34,38)(H2,40,41,42). The highest BCUT2D eigenvalue weighted by Gasteiger charge is 2.37. The minimum absolute atomic E-state index is 0.0446. The van der Waals surface area contributed by atoms with E-state index in [0.29, 0.717) is 19.3 Å². The summed E-state index contributed by atoms with van der Waals surface area (Å²) >= 11 is 0.888. The van der Waals surface area contributed by atoms with E-state index in [0.717, 1.165) is 60.2 Å². The fraction of sp³-hybridized carbons (Fsp3) is 0.548. The van der Waals surface area contributed by atoms with Crippen LogP contribution in [0.5, 0.6) is 0 Å². The van der Waals surface area contributed by atoms with Crippen molar-refractivity contribution < 1.29 is 33.5 Å². The molecule has 0 bridgehead atoms. The molecule has 3 atom stereocenters. The average molecular weight is 647 g/mol. The van der Waals surface area contributed by atoms with Crippen LogP contribution in [-0.2, 0) is 30.2 Å². The Morgan fingerprint density at radius 3 is 2.34 bits per heavy atom. The number of carbonyl (C=O) groups excluding carboxylic acids is 4. The number of hydrogen-bond acceptors (Lipinski definition) is 6. The van der Waals surface area contributed by atoms with Crippen molar-refractivity contribution in [2.24, 2.45) is 11.7 Å². The second-order valence-corrected chi connectivity index (χ2v) is 15.0. The van der Waals surface area contributed by atoms with Crippen LogP contribution in [0, 0.1) is 5.92 Å². The van der Waals surface area contributed by atoms with E-state index in [1.807, 2.05) is 42.5 Å². The van der Waals surface area contributed by atoms with Crippen LogP contribution in [0.25, 0.3) is 10.8 Å². The van der Waals surface area contributed by atoms with Gasteiger partial charge in [-0.1, -0.05) is 61.7 Å². The lowest BCUT2D eigenvalue weighted by molar-refractivity contribution is -0.145. The van der Waals surface area contributed by atoms with Gasteiger partial charge in [0.1, 0.15) is 18.1 Å². The topological polar surface area (TPSA) is 179 Å². The molecule has 3 unspecified atom stereocenters. The van der Waals surface area contributed by atoms with Crippen molar-refractivity contribution in [1.82, 2.24) is 15.5 Å². The van der Waals surface area contributed by atoms with Gasteiger partial charge < -0.3 is 31.1 Å². The molecule has 2 aromatic rings. The molecule has 6 N–H and O–H groups in total. The molecule has 1 saturated carbocycles. The first-order valence-electron chi connectivity index (χ1n) is 15.3. The average Bonchev–Trinajstić information content (AvgIpc) is 2.99. The monoisotopic (exact) mass is 646 g/mol. The van der Waals surface area contributed by atoms with Crippen LogP contribution in [0.4, 0.5) is 0 Å². The van der Waals surface area contributed by atoms with Gasteiger partial charge in [-0.25, -0.2) is 0 Å². The summed E-state index contributed by atoms with van der Waals surface area (Å²) in [4.78, 5) is 72.9. The van der Waals surface area contributed by atoms with Gasteiger partial charge in [-0.05, 0) is 54.4 Å². The maximum Gasteiger partial charge on any atom is 0.335 e. The van der Waals surface area contributed by atoms with E-state index in [1.54, 1.807) is 0 Å². The highest BCUT2D eigenvalue weighted by molar-refractivity contribution is 8.04. The van der Waals surface area contributed by atoms with Crippen molar-refractivity contribution in [3.63, 3.8) is 0 Å². The minimum atomic E-state index is -4.33. The summed E-state index contributed by atoms with van der Waals surface area (Å²) in [6.45, 7) is 0.279. The number of nitrogens with two attached hydrogens (primary N) is 1. The predicted octanol–water partition coefficient (Wildman–Crippen LogP) is 3.06. The number of benzene rings is 2.